The lowest BCUT2D eigenvalue weighted by atomic mass is 9.96. The Morgan fingerprint density at radius 3 is 2.53 bits per heavy atom. The molecule has 0 saturated heterocycles. The summed E-state index contributed by atoms with van der Waals surface area (Å²) >= 11 is 1.89. The van der Waals surface area contributed by atoms with Crippen molar-refractivity contribution < 1.29 is 0 Å². The Kier molecular flexibility index (Phi) is 4.78. The molecule has 2 aromatic rings. The number of thiophene rings is 1. The van der Waals surface area contributed by atoms with E-state index in [1.165, 1.54) is 26.4 Å². The van der Waals surface area contributed by atoms with Crippen LogP contribution in [0, 0.1) is 20.8 Å². The van der Waals surface area contributed by atoms with E-state index in [1.807, 2.05) is 11.3 Å². The zero-order valence-electron chi connectivity index (χ0n) is 12.3. The summed E-state index contributed by atoms with van der Waals surface area (Å²) in [5.74, 6) is 0. The zero-order valence-corrected chi connectivity index (χ0v) is 13.1. The normalized spacial score (nSPS) is 12.6. The Hall–Kier alpha value is -1.12. The fourth-order valence-electron chi connectivity index (χ4n) is 2.35. The largest absolute Gasteiger partial charge is 0.306 e. The molecule has 1 nitrogen and oxygen atoms in total. The smallest absolute Gasteiger partial charge is 0.0673 e. The van der Waals surface area contributed by atoms with Crippen molar-refractivity contribution in [2.45, 2.75) is 40.2 Å². The maximum atomic E-state index is 3.69. The van der Waals surface area contributed by atoms with Gasteiger partial charge in [-0.3, -0.25) is 0 Å². The van der Waals surface area contributed by atoms with Crippen LogP contribution in [0.5, 0.6) is 0 Å². The molecule has 1 unspecified atom stereocenters. The van der Waals surface area contributed by atoms with Crippen LogP contribution < -0.4 is 5.32 Å². The summed E-state index contributed by atoms with van der Waals surface area (Å²) in [6, 6.07) is 11.4. The van der Waals surface area contributed by atoms with E-state index in [0.717, 1.165) is 13.0 Å². The Balaban J connectivity index is 2.39. The van der Waals surface area contributed by atoms with E-state index >= 15 is 0 Å². The average molecular weight is 273 g/mol. The van der Waals surface area contributed by atoms with Gasteiger partial charge in [0.2, 0.25) is 0 Å². The van der Waals surface area contributed by atoms with Gasteiger partial charge in [-0.15, -0.1) is 11.3 Å². The quantitative estimate of drug-likeness (QED) is 0.828. The molecule has 1 N–H and O–H groups in total. The predicted molar refractivity (Wildman–Crippen MR) is 85.1 cm³/mol. The minimum absolute atomic E-state index is 0.332. The monoisotopic (exact) mass is 273 g/mol. The number of rotatable bonds is 5. The van der Waals surface area contributed by atoms with Gasteiger partial charge >= 0.3 is 0 Å². The van der Waals surface area contributed by atoms with Gasteiger partial charge in [0, 0.05) is 9.75 Å². The van der Waals surface area contributed by atoms with Crippen LogP contribution in [0.25, 0.3) is 0 Å². The van der Waals surface area contributed by atoms with Crippen molar-refractivity contribution in [2.24, 2.45) is 0 Å². The summed E-state index contributed by atoms with van der Waals surface area (Å²) in [5.41, 5.74) is 4.19. The first kappa shape index (κ1) is 14.3. The molecule has 0 radical (unpaired) electrons. The average Bonchev–Trinajstić information content (AvgIpc) is 2.81. The van der Waals surface area contributed by atoms with Crippen LogP contribution >= 0.6 is 11.3 Å². The van der Waals surface area contributed by atoms with Gasteiger partial charge in [-0.05, 0) is 62.6 Å². The molecule has 1 aromatic carbocycles. The Morgan fingerprint density at radius 2 is 1.89 bits per heavy atom. The fourth-order valence-corrected chi connectivity index (χ4v) is 3.32. The van der Waals surface area contributed by atoms with Crippen LogP contribution in [0.15, 0.2) is 30.3 Å². The molecule has 1 aromatic heterocycles. The second kappa shape index (κ2) is 6.36. The number of hydrogen-bond donors (Lipinski definition) is 1. The lowest BCUT2D eigenvalue weighted by Crippen LogP contribution is -2.23. The SMILES string of the molecule is CCCNC(c1ccc(C)s1)c1cccc(C)c1C. The topological polar surface area (TPSA) is 12.0 Å². The van der Waals surface area contributed by atoms with Crippen LogP contribution in [0.1, 0.15) is 45.8 Å². The van der Waals surface area contributed by atoms with Crippen LogP contribution in [0.3, 0.4) is 0 Å². The molecule has 1 heterocycles. The van der Waals surface area contributed by atoms with Crippen molar-refractivity contribution in [3.63, 3.8) is 0 Å². The summed E-state index contributed by atoms with van der Waals surface area (Å²) in [6.45, 7) is 9.86. The minimum atomic E-state index is 0.332. The van der Waals surface area contributed by atoms with E-state index in [0.29, 0.717) is 6.04 Å². The predicted octanol–water partition coefficient (Wildman–Crippen LogP) is 4.76. The van der Waals surface area contributed by atoms with Gasteiger partial charge in [-0.25, -0.2) is 0 Å². The zero-order chi connectivity index (χ0) is 13.8. The molecule has 19 heavy (non-hydrogen) atoms. The molecule has 0 saturated carbocycles. The summed E-state index contributed by atoms with van der Waals surface area (Å²) in [7, 11) is 0. The second-order valence-electron chi connectivity index (χ2n) is 5.12. The van der Waals surface area contributed by atoms with E-state index < -0.39 is 0 Å². The van der Waals surface area contributed by atoms with E-state index in [2.05, 4.69) is 63.3 Å². The Labute approximate surface area is 120 Å². The number of hydrogen-bond acceptors (Lipinski definition) is 2. The Morgan fingerprint density at radius 1 is 1.11 bits per heavy atom. The molecule has 2 heteroatoms. The highest BCUT2D eigenvalue weighted by Crippen LogP contribution is 2.31. The van der Waals surface area contributed by atoms with Gasteiger partial charge in [0.05, 0.1) is 6.04 Å². The molecule has 0 spiro atoms. The molecule has 2 rings (SSSR count). The fraction of sp³-hybridized carbons (Fsp3) is 0.412. The number of benzene rings is 1. The van der Waals surface area contributed by atoms with Crippen LogP contribution in [-0.4, -0.2) is 6.54 Å². The number of aryl methyl sites for hydroxylation is 2. The van der Waals surface area contributed by atoms with Crippen LogP contribution in [-0.2, 0) is 0 Å². The third kappa shape index (κ3) is 3.26. The van der Waals surface area contributed by atoms with Crippen molar-refractivity contribution in [1.82, 2.24) is 5.32 Å². The lowest BCUT2D eigenvalue weighted by molar-refractivity contribution is 0.603. The first-order valence-corrected chi connectivity index (χ1v) is 7.81. The summed E-state index contributed by atoms with van der Waals surface area (Å²) in [4.78, 5) is 2.79. The van der Waals surface area contributed by atoms with Gasteiger partial charge < -0.3 is 5.32 Å². The highest BCUT2D eigenvalue weighted by Gasteiger charge is 2.17. The summed E-state index contributed by atoms with van der Waals surface area (Å²) < 4.78 is 0. The van der Waals surface area contributed by atoms with Crippen molar-refractivity contribution in [3.05, 3.63) is 56.8 Å². The van der Waals surface area contributed by atoms with Gasteiger partial charge in [0.25, 0.3) is 0 Å². The van der Waals surface area contributed by atoms with Crippen molar-refractivity contribution in [1.29, 1.82) is 0 Å². The minimum Gasteiger partial charge on any atom is -0.306 e. The molecule has 0 aliphatic heterocycles. The standard InChI is InChI=1S/C17H23NS/c1-5-11-18-17(16-10-9-13(3)19-16)15-8-6-7-12(2)14(15)4/h6-10,17-18H,5,11H2,1-4H3. The van der Waals surface area contributed by atoms with Crippen molar-refractivity contribution >= 4 is 11.3 Å². The van der Waals surface area contributed by atoms with Crippen molar-refractivity contribution in [3.8, 4) is 0 Å². The molecular formula is C17H23NS. The van der Waals surface area contributed by atoms with Gasteiger partial charge in [-0.2, -0.15) is 0 Å². The third-order valence-electron chi connectivity index (χ3n) is 3.60. The van der Waals surface area contributed by atoms with Gasteiger partial charge in [0.1, 0.15) is 0 Å². The summed E-state index contributed by atoms with van der Waals surface area (Å²) in [5, 5.41) is 3.69. The van der Waals surface area contributed by atoms with Gasteiger partial charge in [0.15, 0.2) is 0 Å². The first-order chi connectivity index (χ1) is 9.13. The molecular weight excluding hydrogens is 250 g/mol. The molecule has 0 amide bonds. The van der Waals surface area contributed by atoms with E-state index in [4.69, 9.17) is 0 Å². The van der Waals surface area contributed by atoms with Crippen LogP contribution in [0.2, 0.25) is 0 Å². The van der Waals surface area contributed by atoms with Gasteiger partial charge in [-0.1, -0.05) is 25.1 Å². The van der Waals surface area contributed by atoms with E-state index in [9.17, 15) is 0 Å². The van der Waals surface area contributed by atoms with Crippen LogP contribution in [0.4, 0.5) is 0 Å². The summed E-state index contributed by atoms with van der Waals surface area (Å²) in [6.07, 6.45) is 1.16. The highest BCUT2D eigenvalue weighted by atomic mass is 32.1. The molecule has 0 aliphatic rings. The molecule has 0 bridgehead atoms. The number of nitrogens with one attached hydrogen (secondary N) is 1. The van der Waals surface area contributed by atoms with E-state index in [1.54, 1.807) is 0 Å². The van der Waals surface area contributed by atoms with Crippen molar-refractivity contribution in [2.75, 3.05) is 6.54 Å². The first-order valence-electron chi connectivity index (χ1n) is 6.99. The third-order valence-corrected chi connectivity index (χ3v) is 4.67. The maximum Gasteiger partial charge on any atom is 0.0673 e. The Bertz CT molecular complexity index is 542. The van der Waals surface area contributed by atoms with E-state index in [-0.39, 0.29) is 0 Å². The lowest BCUT2D eigenvalue weighted by Gasteiger charge is -2.21. The maximum absolute atomic E-state index is 3.69. The molecule has 102 valence electrons. The highest BCUT2D eigenvalue weighted by molar-refractivity contribution is 7.12. The molecule has 0 aliphatic carbocycles. The molecule has 0 fully saturated rings. The second-order valence-corrected chi connectivity index (χ2v) is 6.44. The molecule has 1 atom stereocenters.